The van der Waals surface area contributed by atoms with Crippen molar-refractivity contribution in [1.82, 2.24) is 4.57 Å². The van der Waals surface area contributed by atoms with Crippen LogP contribution in [0.15, 0.2) is 69.6 Å². The minimum absolute atomic E-state index is 0.191. The van der Waals surface area contributed by atoms with Gasteiger partial charge in [0.15, 0.2) is 4.80 Å². The SMILES string of the molecule is CCOc1ccc([C@H]2C(C(=O)OC(C)C)=C(C)N=c3s/c(=C/c4ccc(I)cc4)c(=O)n32)cc1. The molecule has 176 valence electrons. The van der Waals surface area contributed by atoms with E-state index in [4.69, 9.17) is 9.47 Å². The molecule has 1 aliphatic rings. The van der Waals surface area contributed by atoms with Crippen molar-refractivity contribution < 1.29 is 14.3 Å². The molecule has 0 radical (unpaired) electrons. The molecule has 0 unspecified atom stereocenters. The van der Waals surface area contributed by atoms with Crippen LogP contribution in [0.3, 0.4) is 0 Å². The fourth-order valence-electron chi connectivity index (χ4n) is 3.80. The third-order valence-corrected chi connectivity index (χ3v) is 6.96. The molecule has 8 heteroatoms. The molecule has 0 spiro atoms. The van der Waals surface area contributed by atoms with Gasteiger partial charge in [0.2, 0.25) is 0 Å². The monoisotopic (exact) mass is 588 g/mol. The molecule has 0 saturated heterocycles. The molecule has 0 bridgehead atoms. The summed E-state index contributed by atoms with van der Waals surface area (Å²) in [7, 11) is 0. The van der Waals surface area contributed by atoms with Crippen LogP contribution in [0.2, 0.25) is 0 Å². The molecule has 2 aromatic carbocycles. The molecule has 1 aliphatic heterocycles. The lowest BCUT2D eigenvalue weighted by molar-refractivity contribution is -0.143. The van der Waals surface area contributed by atoms with Gasteiger partial charge in [-0.05, 0) is 91.8 Å². The number of carbonyl (C=O) groups is 1. The van der Waals surface area contributed by atoms with Crippen molar-refractivity contribution in [1.29, 1.82) is 0 Å². The average molecular weight is 588 g/mol. The maximum atomic E-state index is 13.6. The van der Waals surface area contributed by atoms with Gasteiger partial charge >= 0.3 is 5.97 Å². The summed E-state index contributed by atoms with van der Waals surface area (Å²) in [6.45, 7) is 7.87. The molecule has 1 atom stereocenters. The van der Waals surface area contributed by atoms with E-state index in [0.717, 1.165) is 20.4 Å². The van der Waals surface area contributed by atoms with Crippen LogP contribution in [0.25, 0.3) is 6.08 Å². The van der Waals surface area contributed by atoms with Crippen molar-refractivity contribution in [3.8, 4) is 5.75 Å². The molecule has 1 aromatic heterocycles. The highest BCUT2D eigenvalue weighted by Gasteiger charge is 2.33. The summed E-state index contributed by atoms with van der Waals surface area (Å²) in [6.07, 6.45) is 1.57. The molecule has 6 nitrogen and oxygen atoms in total. The fourth-order valence-corrected chi connectivity index (χ4v) is 5.21. The molecule has 0 saturated carbocycles. The van der Waals surface area contributed by atoms with E-state index in [0.29, 0.717) is 27.2 Å². The minimum Gasteiger partial charge on any atom is -0.494 e. The molecule has 2 heterocycles. The average Bonchev–Trinajstić information content (AvgIpc) is 3.09. The Kier molecular flexibility index (Phi) is 7.37. The first-order valence-corrected chi connectivity index (χ1v) is 12.9. The first kappa shape index (κ1) is 24.4. The van der Waals surface area contributed by atoms with Crippen molar-refractivity contribution in [3.05, 3.63) is 94.2 Å². The third kappa shape index (κ3) is 5.02. The molecular weight excluding hydrogens is 563 g/mol. The normalized spacial score (nSPS) is 15.8. The van der Waals surface area contributed by atoms with Crippen molar-refractivity contribution in [3.63, 3.8) is 0 Å². The lowest BCUT2D eigenvalue weighted by Crippen LogP contribution is -2.40. The Labute approximate surface area is 215 Å². The van der Waals surface area contributed by atoms with E-state index in [1.54, 1.807) is 25.3 Å². The van der Waals surface area contributed by atoms with E-state index in [-0.39, 0.29) is 11.7 Å². The molecule has 0 fully saturated rings. The number of hydrogen-bond acceptors (Lipinski definition) is 6. The largest absolute Gasteiger partial charge is 0.494 e. The van der Waals surface area contributed by atoms with Gasteiger partial charge < -0.3 is 9.47 Å². The maximum absolute atomic E-state index is 13.6. The zero-order chi connectivity index (χ0) is 24.4. The second kappa shape index (κ2) is 10.3. The van der Waals surface area contributed by atoms with Crippen LogP contribution < -0.4 is 19.6 Å². The van der Waals surface area contributed by atoms with Gasteiger partial charge in [-0.2, -0.15) is 0 Å². The zero-order valence-corrected chi connectivity index (χ0v) is 22.3. The van der Waals surface area contributed by atoms with Crippen molar-refractivity contribution >= 4 is 46.0 Å². The molecule has 0 aliphatic carbocycles. The fraction of sp³-hybridized carbons (Fsp3) is 0.269. The summed E-state index contributed by atoms with van der Waals surface area (Å²) in [5.41, 5.74) is 2.44. The summed E-state index contributed by atoms with van der Waals surface area (Å²) >= 11 is 3.57. The lowest BCUT2D eigenvalue weighted by Gasteiger charge is -2.25. The number of benzene rings is 2. The van der Waals surface area contributed by atoms with Crippen molar-refractivity contribution in [2.45, 2.75) is 39.8 Å². The topological polar surface area (TPSA) is 69.9 Å². The van der Waals surface area contributed by atoms with Crippen molar-refractivity contribution in [2.24, 2.45) is 4.99 Å². The van der Waals surface area contributed by atoms with Crippen LogP contribution >= 0.6 is 33.9 Å². The van der Waals surface area contributed by atoms with Crippen LogP contribution in [-0.4, -0.2) is 23.2 Å². The van der Waals surface area contributed by atoms with Gasteiger partial charge in [-0.1, -0.05) is 35.6 Å². The number of halogens is 1. The predicted octanol–water partition coefficient (Wildman–Crippen LogP) is 4.19. The second-order valence-corrected chi connectivity index (χ2v) is 10.3. The number of ether oxygens (including phenoxy) is 2. The zero-order valence-electron chi connectivity index (χ0n) is 19.4. The molecule has 34 heavy (non-hydrogen) atoms. The smallest absolute Gasteiger partial charge is 0.338 e. The number of thiazole rings is 1. The van der Waals surface area contributed by atoms with E-state index < -0.39 is 12.0 Å². The van der Waals surface area contributed by atoms with Crippen LogP contribution in [-0.2, 0) is 9.53 Å². The number of aromatic nitrogens is 1. The van der Waals surface area contributed by atoms with Crippen molar-refractivity contribution in [2.75, 3.05) is 6.61 Å². The van der Waals surface area contributed by atoms with Gasteiger partial charge in [-0.15, -0.1) is 0 Å². The predicted molar refractivity (Wildman–Crippen MR) is 142 cm³/mol. The number of allylic oxidation sites excluding steroid dienone is 1. The lowest BCUT2D eigenvalue weighted by atomic mass is 9.96. The Morgan fingerprint density at radius 2 is 1.85 bits per heavy atom. The van der Waals surface area contributed by atoms with Crippen LogP contribution in [0.5, 0.6) is 5.75 Å². The van der Waals surface area contributed by atoms with Gasteiger partial charge in [0, 0.05) is 3.57 Å². The number of fused-ring (bicyclic) bond motifs is 1. The summed E-state index contributed by atoms with van der Waals surface area (Å²) in [5.74, 6) is 0.256. The molecule has 0 amide bonds. The number of esters is 1. The Morgan fingerprint density at radius 1 is 1.18 bits per heavy atom. The number of nitrogens with zero attached hydrogens (tertiary/aromatic N) is 2. The van der Waals surface area contributed by atoms with E-state index in [2.05, 4.69) is 27.6 Å². The van der Waals surface area contributed by atoms with E-state index in [1.165, 1.54) is 11.3 Å². The number of rotatable bonds is 6. The van der Waals surface area contributed by atoms with E-state index in [9.17, 15) is 9.59 Å². The molecule has 4 rings (SSSR count). The Morgan fingerprint density at radius 3 is 2.47 bits per heavy atom. The van der Waals surface area contributed by atoms with Crippen LogP contribution in [0, 0.1) is 3.57 Å². The minimum atomic E-state index is -0.642. The summed E-state index contributed by atoms with van der Waals surface area (Å²) in [4.78, 5) is 31.9. The summed E-state index contributed by atoms with van der Waals surface area (Å²) < 4.78 is 14.4. The maximum Gasteiger partial charge on any atom is 0.338 e. The number of carbonyl (C=O) groups excluding carboxylic acids is 1. The highest BCUT2D eigenvalue weighted by atomic mass is 127. The molecule has 0 N–H and O–H groups in total. The van der Waals surface area contributed by atoms with Gasteiger partial charge in [-0.3, -0.25) is 9.36 Å². The Balaban J connectivity index is 1.90. The third-order valence-electron chi connectivity index (χ3n) is 5.26. The van der Waals surface area contributed by atoms with Gasteiger partial charge in [0.1, 0.15) is 5.75 Å². The quantitative estimate of drug-likeness (QED) is 0.320. The first-order chi connectivity index (χ1) is 16.3. The second-order valence-electron chi connectivity index (χ2n) is 8.09. The summed E-state index contributed by atoms with van der Waals surface area (Å²) in [5, 5.41) is 0. The van der Waals surface area contributed by atoms with E-state index in [1.807, 2.05) is 61.5 Å². The Bertz CT molecular complexity index is 1420. The summed E-state index contributed by atoms with van der Waals surface area (Å²) in [6, 6.07) is 14.8. The molecule has 3 aromatic rings. The van der Waals surface area contributed by atoms with Gasteiger partial charge in [0.25, 0.3) is 5.56 Å². The van der Waals surface area contributed by atoms with Crippen LogP contribution in [0.4, 0.5) is 0 Å². The standard InChI is InChI=1S/C26H25IN2O4S/c1-5-32-20-12-8-18(9-13-20)23-22(25(31)33-15(2)3)16(4)28-26-29(23)24(30)21(34-26)14-17-6-10-19(27)11-7-17/h6-15,23H,5H2,1-4H3/b21-14+/t23-/m0/s1. The highest BCUT2D eigenvalue weighted by Crippen LogP contribution is 2.32. The highest BCUT2D eigenvalue weighted by molar-refractivity contribution is 14.1. The van der Waals surface area contributed by atoms with Gasteiger partial charge in [0.05, 0.1) is 34.6 Å². The van der Waals surface area contributed by atoms with Gasteiger partial charge in [-0.25, -0.2) is 9.79 Å². The number of hydrogen-bond donors (Lipinski definition) is 0. The Hall–Kier alpha value is -2.72. The van der Waals surface area contributed by atoms with Crippen LogP contribution in [0.1, 0.15) is 44.9 Å². The first-order valence-electron chi connectivity index (χ1n) is 11.0. The van der Waals surface area contributed by atoms with E-state index >= 15 is 0 Å². The molecular formula is C26H25IN2O4S.